The van der Waals surface area contributed by atoms with Crippen LogP contribution >= 0.6 is 11.8 Å². The van der Waals surface area contributed by atoms with Crippen molar-refractivity contribution in [2.24, 2.45) is 5.73 Å². The zero-order chi connectivity index (χ0) is 13.2. The van der Waals surface area contributed by atoms with Gasteiger partial charge in [-0.3, -0.25) is 4.90 Å². The van der Waals surface area contributed by atoms with Crippen LogP contribution in [0.25, 0.3) is 0 Å². The number of hydrogen-bond acceptors (Lipinski definition) is 6. The highest BCUT2D eigenvalue weighted by Gasteiger charge is 2.24. The molecule has 2 N–H and O–H groups in total. The van der Waals surface area contributed by atoms with Gasteiger partial charge in [-0.25, -0.2) is 0 Å². The minimum Gasteiger partial charge on any atom is -0.338 e. The summed E-state index contributed by atoms with van der Waals surface area (Å²) in [5.41, 5.74) is 5.40. The lowest BCUT2D eigenvalue weighted by Crippen LogP contribution is -2.34. The van der Waals surface area contributed by atoms with Crippen molar-refractivity contribution in [2.75, 3.05) is 19.3 Å². The number of nitrogens with two attached hydrogens (primary N) is 1. The van der Waals surface area contributed by atoms with Crippen LogP contribution in [0.4, 0.5) is 0 Å². The van der Waals surface area contributed by atoms with Crippen molar-refractivity contribution in [3.63, 3.8) is 0 Å². The molecule has 1 aliphatic heterocycles. The average molecular weight is 270 g/mol. The van der Waals surface area contributed by atoms with Gasteiger partial charge in [0.15, 0.2) is 5.82 Å². The first-order chi connectivity index (χ1) is 8.49. The maximum absolute atomic E-state index is 5.94. The number of likely N-dealkylation sites (tertiary alicyclic amines) is 1. The SMILES string of the molecule is CSC1CCN(Cc2nc(C(C)(C)N)no2)CC1. The van der Waals surface area contributed by atoms with Crippen molar-refractivity contribution in [1.82, 2.24) is 15.0 Å². The van der Waals surface area contributed by atoms with Crippen LogP contribution in [0.15, 0.2) is 4.52 Å². The third-order valence-electron chi connectivity index (χ3n) is 3.27. The van der Waals surface area contributed by atoms with E-state index in [2.05, 4.69) is 21.3 Å². The van der Waals surface area contributed by atoms with E-state index in [1.165, 1.54) is 12.8 Å². The fraction of sp³-hybridized carbons (Fsp3) is 0.833. The maximum Gasteiger partial charge on any atom is 0.240 e. The number of piperidine rings is 1. The summed E-state index contributed by atoms with van der Waals surface area (Å²) in [6.07, 6.45) is 4.67. The minimum atomic E-state index is -0.534. The number of thioether (sulfide) groups is 1. The van der Waals surface area contributed by atoms with Crippen molar-refractivity contribution in [3.8, 4) is 0 Å². The summed E-state index contributed by atoms with van der Waals surface area (Å²) >= 11 is 1.97. The molecule has 0 spiro atoms. The van der Waals surface area contributed by atoms with Crippen molar-refractivity contribution in [1.29, 1.82) is 0 Å². The van der Waals surface area contributed by atoms with E-state index in [1.807, 2.05) is 25.6 Å². The van der Waals surface area contributed by atoms with Gasteiger partial charge in [0.25, 0.3) is 0 Å². The molecule has 0 radical (unpaired) electrons. The van der Waals surface area contributed by atoms with Crippen LogP contribution in [0.1, 0.15) is 38.4 Å². The molecule has 0 aliphatic carbocycles. The molecule has 0 amide bonds. The Morgan fingerprint density at radius 2 is 2.11 bits per heavy atom. The van der Waals surface area contributed by atoms with E-state index in [0.717, 1.165) is 24.9 Å². The third kappa shape index (κ3) is 3.46. The van der Waals surface area contributed by atoms with Gasteiger partial charge in [0.1, 0.15) is 0 Å². The standard InChI is InChI=1S/C12H22N4OS/c1-12(2,13)11-14-10(17-15-11)8-16-6-4-9(18-3)5-7-16/h9H,4-8,13H2,1-3H3. The second kappa shape index (κ2) is 5.59. The molecule has 0 atom stereocenters. The van der Waals surface area contributed by atoms with Gasteiger partial charge in [0, 0.05) is 5.25 Å². The average Bonchev–Trinajstić information content (AvgIpc) is 2.78. The summed E-state index contributed by atoms with van der Waals surface area (Å²) in [5, 5.41) is 4.75. The van der Waals surface area contributed by atoms with Crippen LogP contribution in [0, 0.1) is 0 Å². The summed E-state index contributed by atoms with van der Waals surface area (Å²) in [7, 11) is 0. The highest BCUT2D eigenvalue weighted by Crippen LogP contribution is 2.22. The molecule has 0 aromatic carbocycles. The first-order valence-electron chi connectivity index (χ1n) is 6.36. The largest absolute Gasteiger partial charge is 0.338 e. The molecule has 102 valence electrons. The topological polar surface area (TPSA) is 68.2 Å². The molecule has 1 aliphatic rings. The Kier molecular flexibility index (Phi) is 4.29. The van der Waals surface area contributed by atoms with Crippen LogP contribution in [0.2, 0.25) is 0 Å². The molecule has 1 aromatic rings. The lowest BCUT2D eigenvalue weighted by Gasteiger charge is -2.29. The smallest absolute Gasteiger partial charge is 0.240 e. The molecule has 1 saturated heterocycles. The lowest BCUT2D eigenvalue weighted by atomic mass is 10.1. The molecule has 0 bridgehead atoms. The molecule has 6 heteroatoms. The Morgan fingerprint density at radius 3 is 2.61 bits per heavy atom. The van der Waals surface area contributed by atoms with Gasteiger partial charge >= 0.3 is 0 Å². The van der Waals surface area contributed by atoms with Crippen molar-refractivity contribution >= 4 is 11.8 Å². The minimum absolute atomic E-state index is 0.534. The quantitative estimate of drug-likeness (QED) is 0.896. The van der Waals surface area contributed by atoms with E-state index in [1.54, 1.807) is 0 Å². The number of rotatable bonds is 4. The predicted octanol–water partition coefficient (Wildman–Crippen LogP) is 1.59. The fourth-order valence-electron chi connectivity index (χ4n) is 2.08. The normalized spacial score (nSPS) is 19.3. The Balaban J connectivity index is 1.89. The number of aromatic nitrogens is 2. The van der Waals surface area contributed by atoms with Crippen LogP contribution in [0.5, 0.6) is 0 Å². The molecule has 2 heterocycles. The Labute approximate surface area is 112 Å². The first-order valence-corrected chi connectivity index (χ1v) is 7.65. The number of hydrogen-bond donors (Lipinski definition) is 1. The van der Waals surface area contributed by atoms with Crippen molar-refractivity contribution in [3.05, 3.63) is 11.7 Å². The van der Waals surface area contributed by atoms with E-state index >= 15 is 0 Å². The van der Waals surface area contributed by atoms with E-state index < -0.39 is 5.54 Å². The van der Waals surface area contributed by atoms with Gasteiger partial charge in [-0.1, -0.05) is 5.16 Å². The fourth-order valence-corrected chi connectivity index (χ4v) is 2.76. The van der Waals surface area contributed by atoms with Crippen molar-refractivity contribution < 1.29 is 4.52 Å². The summed E-state index contributed by atoms with van der Waals surface area (Å²) in [4.78, 5) is 6.73. The molecule has 5 nitrogen and oxygen atoms in total. The van der Waals surface area contributed by atoms with Gasteiger partial charge in [-0.05, 0) is 46.0 Å². The molecule has 2 rings (SSSR count). The highest BCUT2D eigenvalue weighted by atomic mass is 32.2. The Bertz CT molecular complexity index is 380. The summed E-state index contributed by atoms with van der Waals surface area (Å²) < 4.78 is 5.26. The second-order valence-corrected chi connectivity index (χ2v) is 6.58. The van der Waals surface area contributed by atoms with Crippen molar-refractivity contribution in [2.45, 2.75) is 44.0 Å². The summed E-state index contributed by atoms with van der Waals surface area (Å²) in [5.74, 6) is 1.25. The van der Waals surface area contributed by atoms with Gasteiger partial charge in [0.05, 0.1) is 12.1 Å². The molecule has 1 aromatic heterocycles. The second-order valence-electron chi connectivity index (χ2n) is 5.44. The maximum atomic E-state index is 5.94. The van der Waals surface area contributed by atoms with Gasteiger partial charge in [-0.15, -0.1) is 0 Å². The Hall–Kier alpha value is -0.590. The third-order valence-corrected chi connectivity index (χ3v) is 4.41. The van der Waals surface area contributed by atoms with Crippen LogP contribution < -0.4 is 5.73 Å². The van der Waals surface area contributed by atoms with E-state index in [0.29, 0.717) is 11.7 Å². The van der Waals surface area contributed by atoms with Gasteiger partial charge < -0.3 is 10.3 Å². The van der Waals surface area contributed by atoms with Crippen LogP contribution in [-0.2, 0) is 12.1 Å². The Morgan fingerprint density at radius 1 is 1.44 bits per heavy atom. The highest BCUT2D eigenvalue weighted by molar-refractivity contribution is 7.99. The van der Waals surface area contributed by atoms with Crippen LogP contribution in [0.3, 0.4) is 0 Å². The molecule has 0 saturated carbocycles. The van der Waals surface area contributed by atoms with Gasteiger partial charge in [-0.2, -0.15) is 16.7 Å². The zero-order valence-electron chi connectivity index (χ0n) is 11.3. The van der Waals surface area contributed by atoms with Crippen LogP contribution in [-0.4, -0.2) is 39.6 Å². The number of nitrogens with zero attached hydrogens (tertiary/aromatic N) is 3. The van der Waals surface area contributed by atoms with E-state index in [9.17, 15) is 0 Å². The first kappa shape index (κ1) is 13.8. The van der Waals surface area contributed by atoms with E-state index in [-0.39, 0.29) is 0 Å². The van der Waals surface area contributed by atoms with Gasteiger partial charge in [0.2, 0.25) is 5.89 Å². The summed E-state index contributed by atoms with van der Waals surface area (Å²) in [6, 6.07) is 0. The predicted molar refractivity (Wildman–Crippen MR) is 73.3 cm³/mol. The monoisotopic (exact) mass is 270 g/mol. The zero-order valence-corrected chi connectivity index (χ0v) is 12.2. The molecule has 1 fully saturated rings. The van der Waals surface area contributed by atoms with E-state index in [4.69, 9.17) is 10.3 Å². The summed E-state index contributed by atoms with van der Waals surface area (Å²) in [6.45, 7) is 6.71. The molecular formula is C12H22N4OS. The molecule has 0 unspecified atom stereocenters. The lowest BCUT2D eigenvalue weighted by molar-refractivity contribution is 0.196. The molecule has 18 heavy (non-hydrogen) atoms. The molecular weight excluding hydrogens is 248 g/mol.